The lowest BCUT2D eigenvalue weighted by Crippen LogP contribution is -2.23. The first kappa shape index (κ1) is 16.8. The van der Waals surface area contributed by atoms with E-state index in [-0.39, 0.29) is 6.04 Å². The van der Waals surface area contributed by atoms with Crippen LogP contribution in [-0.4, -0.2) is 21.2 Å². The molecule has 0 aliphatic rings. The number of benzene rings is 2. The average Bonchev–Trinajstić information content (AvgIpc) is 3.16. The van der Waals surface area contributed by atoms with Gasteiger partial charge in [-0.25, -0.2) is 0 Å². The molecule has 0 fully saturated rings. The summed E-state index contributed by atoms with van der Waals surface area (Å²) < 4.78 is 0. The van der Waals surface area contributed by atoms with Gasteiger partial charge in [0.15, 0.2) is 0 Å². The summed E-state index contributed by atoms with van der Waals surface area (Å²) in [4.78, 5) is 4.15. The minimum atomic E-state index is 0.137. The predicted octanol–water partition coefficient (Wildman–Crippen LogP) is 4.26. The fourth-order valence-corrected chi connectivity index (χ4v) is 3.87. The van der Waals surface area contributed by atoms with E-state index >= 15 is 0 Å². The Balaban J connectivity index is 1.41. The number of pyridine rings is 1. The topological polar surface area (TPSA) is 64.7 Å². The third-order valence-corrected chi connectivity index (χ3v) is 5.46. The number of rotatable bonds is 6. The first-order valence-electron chi connectivity index (χ1n) is 8.74. The van der Waals surface area contributed by atoms with Gasteiger partial charge in [0.1, 0.15) is 10.0 Å². The second-order valence-corrected chi connectivity index (χ2v) is 7.49. The third kappa shape index (κ3) is 3.95. The molecule has 4 aromatic rings. The van der Waals surface area contributed by atoms with Crippen LogP contribution >= 0.6 is 11.3 Å². The van der Waals surface area contributed by atoms with Crippen LogP contribution in [0.15, 0.2) is 67.0 Å². The monoisotopic (exact) mass is 360 g/mol. The van der Waals surface area contributed by atoms with E-state index < -0.39 is 0 Å². The minimum Gasteiger partial charge on any atom is -0.327 e. The van der Waals surface area contributed by atoms with E-state index in [1.807, 2.05) is 24.5 Å². The molecule has 4 rings (SSSR count). The van der Waals surface area contributed by atoms with E-state index in [0.29, 0.717) is 0 Å². The van der Waals surface area contributed by atoms with Gasteiger partial charge in [-0.2, -0.15) is 0 Å². The van der Waals surface area contributed by atoms with Crippen LogP contribution in [0.2, 0.25) is 0 Å². The van der Waals surface area contributed by atoms with Gasteiger partial charge in [-0.3, -0.25) is 4.98 Å². The van der Waals surface area contributed by atoms with Crippen LogP contribution in [0.3, 0.4) is 0 Å². The van der Waals surface area contributed by atoms with Gasteiger partial charge in [-0.1, -0.05) is 53.8 Å². The summed E-state index contributed by atoms with van der Waals surface area (Å²) in [5, 5.41) is 13.0. The van der Waals surface area contributed by atoms with Crippen molar-refractivity contribution in [3.63, 3.8) is 0 Å². The number of hydrogen-bond donors (Lipinski definition) is 1. The number of aromatic nitrogens is 3. The molecule has 2 aromatic heterocycles. The number of fused-ring (bicyclic) bond motifs is 1. The molecule has 4 nitrogen and oxygen atoms in total. The maximum absolute atomic E-state index is 6.28. The van der Waals surface area contributed by atoms with Gasteiger partial charge in [0.25, 0.3) is 0 Å². The fourth-order valence-electron chi connectivity index (χ4n) is 3.02. The van der Waals surface area contributed by atoms with Crippen molar-refractivity contribution in [3.8, 4) is 10.6 Å². The van der Waals surface area contributed by atoms with Crippen molar-refractivity contribution in [3.05, 3.63) is 77.6 Å². The maximum atomic E-state index is 6.28. The highest BCUT2D eigenvalue weighted by atomic mass is 32.1. The SMILES string of the molecule is NC(CCc1nnc(-c2ccc3cnccc3c2)s1)Cc1ccccc1. The number of hydrogen-bond acceptors (Lipinski definition) is 5. The molecule has 0 radical (unpaired) electrons. The molecule has 0 bridgehead atoms. The Morgan fingerprint density at radius 2 is 1.85 bits per heavy atom. The first-order valence-corrected chi connectivity index (χ1v) is 9.55. The summed E-state index contributed by atoms with van der Waals surface area (Å²) in [7, 11) is 0. The predicted molar refractivity (Wildman–Crippen MR) is 107 cm³/mol. The van der Waals surface area contributed by atoms with Gasteiger partial charge < -0.3 is 5.73 Å². The standard InChI is InChI=1S/C21H20N4S/c22-19(12-15-4-2-1-3-5-15)8-9-20-24-25-21(26-20)17-6-7-18-14-23-11-10-16(18)13-17/h1-7,10-11,13-14,19H,8-9,12,22H2. The van der Waals surface area contributed by atoms with Crippen molar-refractivity contribution < 1.29 is 0 Å². The maximum Gasteiger partial charge on any atom is 0.147 e. The minimum absolute atomic E-state index is 0.137. The zero-order valence-electron chi connectivity index (χ0n) is 14.4. The Morgan fingerprint density at radius 3 is 2.73 bits per heavy atom. The first-order chi connectivity index (χ1) is 12.8. The molecule has 1 unspecified atom stereocenters. The van der Waals surface area contributed by atoms with Crippen molar-refractivity contribution >= 4 is 22.1 Å². The third-order valence-electron chi connectivity index (χ3n) is 4.42. The van der Waals surface area contributed by atoms with Gasteiger partial charge in [0.05, 0.1) is 0 Å². The lowest BCUT2D eigenvalue weighted by Gasteiger charge is -2.10. The highest BCUT2D eigenvalue weighted by molar-refractivity contribution is 7.14. The highest BCUT2D eigenvalue weighted by Gasteiger charge is 2.10. The Kier molecular flexibility index (Phi) is 5.00. The van der Waals surface area contributed by atoms with Crippen molar-refractivity contribution in [2.45, 2.75) is 25.3 Å². The quantitative estimate of drug-likeness (QED) is 0.558. The molecule has 130 valence electrons. The molecule has 0 saturated carbocycles. The van der Waals surface area contributed by atoms with Crippen molar-refractivity contribution in [2.24, 2.45) is 5.73 Å². The summed E-state index contributed by atoms with van der Waals surface area (Å²) in [5.41, 5.74) is 8.66. The van der Waals surface area contributed by atoms with E-state index in [1.54, 1.807) is 11.3 Å². The normalized spacial score (nSPS) is 12.3. The molecule has 2 N–H and O–H groups in total. The molecular weight excluding hydrogens is 340 g/mol. The zero-order valence-corrected chi connectivity index (χ0v) is 15.2. The summed E-state index contributed by atoms with van der Waals surface area (Å²) in [5.74, 6) is 0. The van der Waals surface area contributed by atoms with Crippen molar-refractivity contribution in [1.29, 1.82) is 0 Å². The molecule has 2 aromatic carbocycles. The van der Waals surface area contributed by atoms with Gasteiger partial charge in [0, 0.05) is 35.8 Å². The van der Waals surface area contributed by atoms with Crippen LogP contribution in [0, 0.1) is 0 Å². The molecule has 26 heavy (non-hydrogen) atoms. The molecular formula is C21H20N4S. The summed E-state index contributed by atoms with van der Waals surface area (Å²) in [6.45, 7) is 0. The van der Waals surface area contributed by atoms with Crippen LogP contribution in [0.1, 0.15) is 17.0 Å². The van der Waals surface area contributed by atoms with E-state index in [1.165, 1.54) is 10.9 Å². The van der Waals surface area contributed by atoms with E-state index in [2.05, 4.69) is 57.6 Å². The molecule has 0 spiro atoms. The molecule has 2 heterocycles. The van der Waals surface area contributed by atoms with E-state index in [4.69, 9.17) is 5.73 Å². The van der Waals surface area contributed by atoms with E-state index in [9.17, 15) is 0 Å². The Morgan fingerprint density at radius 1 is 0.962 bits per heavy atom. The number of nitrogens with two attached hydrogens (primary N) is 1. The lowest BCUT2D eigenvalue weighted by atomic mass is 10.0. The Labute approximate surface area is 156 Å². The van der Waals surface area contributed by atoms with Gasteiger partial charge in [-0.15, -0.1) is 10.2 Å². The average molecular weight is 360 g/mol. The summed E-state index contributed by atoms with van der Waals surface area (Å²) in [6.07, 6.45) is 6.35. The van der Waals surface area contributed by atoms with Crippen LogP contribution in [0.5, 0.6) is 0 Å². The largest absolute Gasteiger partial charge is 0.327 e. The van der Waals surface area contributed by atoms with Crippen molar-refractivity contribution in [2.75, 3.05) is 0 Å². The van der Waals surface area contributed by atoms with Crippen LogP contribution in [0.4, 0.5) is 0 Å². The van der Waals surface area contributed by atoms with Gasteiger partial charge >= 0.3 is 0 Å². The fraction of sp³-hybridized carbons (Fsp3) is 0.190. The second kappa shape index (κ2) is 7.72. The van der Waals surface area contributed by atoms with Crippen molar-refractivity contribution in [1.82, 2.24) is 15.2 Å². The molecule has 0 aliphatic carbocycles. The molecule has 0 saturated heterocycles. The Bertz CT molecular complexity index is 997. The number of nitrogens with zero attached hydrogens (tertiary/aromatic N) is 3. The Hall–Kier alpha value is -2.63. The number of aryl methyl sites for hydroxylation is 1. The van der Waals surface area contributed by atoms with E-state index in [0.717, 1.165) is 40.2 Å². The zero-order chi connectivity index (χ0) is 17.8. The highest BCUT2D eigenvalue weighted by Crippen LogP contribution is 2.27. The van der Waals surface area contributed by atoms with Crippen LogP contribution < -0.4 is 5.73 Å². The van der Waals surface area contributed by atoms with Crippen LogP contribution in [-0.2, 0) is 12.8 Å². The van der Waals surface area contributed by atoms with Gasteiger partial charge in [-0.05, 0) is 35.9 Å². The van der Waals surface area contributed by atoms with Crippen LogP contribution in [0.25, 0.3) is 21.3 Å². The summed E-state index contributed by atoms with van der Waals surface area (Å²) >= 11 is 1.65. The smallest absolute Gasteiger partial charge is 0.147 e. The molecule has 0 aliphatic heterocycles. The second-order valence-electron chi connectivity index (χ2n) is 6.43. The van der Waals surface area contributed by atoms with Gasteiger partial charge in [0.2, 0.25) is 0 Å². The lowest BCUT2D eigenvalue weighted by molar-refractivity contribution is 0.607. The summed E-state index contributed by atoms with van der Waals surface area (Å²) in [6, 6.07) is 18.8. The molecule has 5 heteroatoms. The molecule has 1 atom stereocenters. The molecule has 0 amide bonds.